The van der Waals surface area contributed by atoms with Gasteiger partial charge in [-0.2, -0.15) is 0 Å². The maximum absolute atomic E-state index is 8.58. The molecule has 0 aliphatic heterocycles. The third kappa shape index (κ3) is 2.61. The van der Waals surface area contributed by atoms with E-state index in [1.54, 1.807) is 0 Å². The Morgan fingerprint density at radius 2 is 2.29 bits per heavy atom. The Hall–Kier alpha value is -0.770. The molecule has 1 saturated carbocycles. The minimum atomic E-state index is 0.00981. The highest BCUT2D eigenvalue weighted by atomic mass is 16.4. The second-order valence-corrected chi connectivity index (χ2v) is 4.13. The number of oxime groups is 1. The van der Waals surface area contributed by atoms with Gasteiger partial charge in [0, 0.05) is 6.04 Å². The number of nitrogens with two attached hydrogens (primary N) is 1. The summed E-state index contributed by atoms with van der Waals surface area (Å²) < 4.78 is 0. The molecule has 1 rings (SSSR count). The molecule has 0 aromatic heterocycles. The van der Waals surface area contributed by atoms with Gasteiger partial charge in [0.1, 0.15) is 0 Å². The Morgan fingerprint density at radius 1 is 1.64 bits per heavy atom. The number of nitrogens with zero attached hydrogens (tertiary/aromatic N) is 1. The van der Waals surface area contributed by atoms with Crippen molar-refractivity contribution in [2.75, 3.05) is 0 Å². The van der Waals surface area contributed by atoms with Gasteiger partial charge in [0.25, 0.3) is 0 Å². The number of hydrogen-bond donors (Lipinski definition) is 3. The molecule has 2 unspecified atom stereocenters. The van der Waals surface area contributed by atoms with Crippen molar-refractivity contribution in [2.45, 2.75) is 51.6 Å². The zero-order valence-electron chi connectivity index (χ0n) is 9.03. The van der Waals surface area contributed by atoms with Crippen LogP contribution in [0.15, 0.2) is 5.16 Å². The molecule has 0 aromatic rings. The second-order valence-electron chi connectivity index (χ2n) is 4.13. The van der Waals surface area contributed by atoms with Crippen LogP contribution in [0.25, 0.3) is 0 Å². The van der Waals surface area contributed by atoms with Crippen LogP contribution in [0.5, 0.6) is 0 Å². The van der Waals surface area contributed by atoms with Crippen LogP contribution in [0, 0.1) is 5.92 Å². The fourth-order valence-corrected chi connectivity index (χ4v) is 1.88. The lowest BCUT2D eigenvalue weighted by Gasteiger charge is -2.34. The predicted octanol–water partition coefficient (Wildman–Crippen LogP) is 1.29. The molecular weight excluding hydrogens is 178 g/mol. The van der Waals surface area contributed by atoms with Crippen molar-refractivity contribution in [3.63, 3.8) is 0 Å². The normalized spacial score (nSPS) is 22.9. The SMILES string of the molecule is CCC(NC(C)C1CCC1)C(N)=NO. The van der Waals surface area contributed by atoms with Crippen LogP contribution in [0.2, 0.25) is 0 Å². The fraction of sp³-hybridized carbons (Fsp3) is 0.900. The van der Waals surface area contributed by atoms with E-state index in [-0.39, 0.29) is 6.04 Å². The van der Waals surface area contributed by atoms with Crippen LogP contribution in [-0.4, -0.2) is 23.1 Å². The summed E-state index contributed by atoms with van der Waals surface area (Å²) in [4.78, 5) is 0. The molecule has 1 aliphatic carbocycles. The van der Waals surface area contributed by atoms with E-state index in [9.17, 15) is 0 Å². The predicted molar refractivity (Wildman–Crippen MR) is 57.4 cm³/mol. The maximum atomic E-state index is 8.58. The molecule has 4 heteroatoms. The summed E-state index contributed by atoms with van der Waals surface area (Å²) in [5.74, 6) is 1.06. The van der Waals surface area contributed by atoms with Crippen molar-refractivity contribution in [3.05, 3.63) is 0 Å². The van der Waals surface area contributed by atoms with E-state index < -0.39 is 0 Å². The van der Waals surface area contributed by atoms with E-state index in [0.29, 0.717) is 11.9 Å². The fourth-order valence-electron chi connectivity index (χ4n) is 1.88. The zero-order chi connectivity index (χ0) is 10.6. The van der Waals surface area contributed by atoms with E-state index in [1.807, 2.05) is 6.92 Å². The summed E-state index contributed by atoms with van der Waals surface area (Å²) in [5.41, 5.74) is 5.57. The van der Waals surface area contributed by atoms with Crippen LogP contribution in [0.3, 0.4) is 0 Å². The van der Waals surface area contributed by atoms with Crippen molar-refractivity contribution in [2.24, 2.45) is 16.8 Å². The minimum Gasteiger partial charge on any atom is -0.409 e. The first-order chi connectivity index (χ1) is 6.69. The standard InChI is InChI=1S/C10H21N3O/c1-3-9(10(11)13-14)12-7(2)8-5-4-6-8/h7-9,12,14H,3-6H2,1-2H3,(H2,11,13). The van der Waals surface area contributed by atoms with Gasteiger partial charge in [-0.15, -0.1) is 0 Å². The van der Waals surface area contributed by atoms with E-state index >= 15 is 0 Å². The number of rotatable bonds is 5. The topological polar surface area (TPSA) is 70.6 Å². The van der Waals surface area contributed by atoms with Crippen molar-refractivity contribution in [3.8, 4) is 0 Å². The molecule has 4 N–H and O–H groups in total. The monoisotopic (exact) mass is 199 g/mol. The Labute approximate surface area is 85.6 Å². The van der Waals surface area contributed by atoms with E-state index in [0.717, 1.165) is 12.3 Å². The molecule has 82 valence electrons. The molecular formula is C10H21N3O. The quantitative estimate of drug-likeness (QED) is 0.270. The molecule has 0 radical (unpaired) electrons. The number of hydrogen-bond acceptors (Lipinski definition) is 3. The van der Waals surface area contributed by atoms with Crippen LogP contribution >= 0.6 is 0 Å². The summed E-state index contributed by atoms with van der Waals surface area (Å²) in [7, 11) is 0. The lowest BCUT2D eigenvalue weighted by atomic mass is 9.80. The van der Waals surface area contributed by atoms with Gasteiger partial charge in [0.15, 0.2) is 5.84 Å². The van der Waals surface area contributed by atoms with Crippen molar-refractivity contribution >= 4 is 5.84 Å². The lowest BCUT2D eigenvalue weighted by Crippen LogP contribution is -2.48. The van der Waals surface area contributed by atoms with Gasteiger partial charge in [-0.1, -0.05) is 18.5 Å². The first-order valence-electron chi connectivity index (χ1n) is 5.42. The van der Waals surface area contributed by atoms with Gasteiger partial charge >= 0.3 is 0 Å². The Morgan fingerprint density at radius 3 is 2.64 bits per heavy atom. The summed E-state index contributed by atoms with van der Waals surface area (Å²) in [6.07, 6.45) is 4.81. The number of nitrogens with one attached hydrogen (secondary N) is 1. The van der Waals surface area contributed by atoms with Gasteiger partial charge in [-0.3, -0.25) is 0 Å². The molecule has 14 heavy (non-hydrogen) atoms. The van der Waals surface area contributed by atoms with Crippen LogP contribution in [0.1, 0.15) is 39.5 Å². The van der Waals surface area contributed by atoms with Crippen molar-refractivity contribution < 1.29 is 5.21 Å². The molecule has 2 atom stereocenters. The highest BCUT2D eigenvalue weighted by Gasteiger charge is 2.26. The average molecular weight is 199 g/mol. The minimum absolute atomic E-state index is 0.00981. The Kier molecular flexibility index (Phi) is 4.20. The van der Waals surface area contributed by atoms with Gasteiger partial charge in [0.05, 0.1) is 6.04 Å². The molecule has 1 fully saturated rings. The third-order valence-corrected chi connectivity index (χ3v) is 3.20. The van der Waals surface area contributed by atoms with Gasteiger partial charge in [-0.25, -0.2) is 0 Å². The van der Waals surface area contributed by atoms with Gasteiger partial charge < -0.3 is 16.3 Å². The van der Waals surface area contributed by atoms with E-state index in [2.05, 4.69) is 17.4 Å². The molecule has 0 amide bonds. The molecule has 1 aliphatic rings. The first-order valence-corrected chi connectivity index (χ1v) is 5.42. The summed E-state index contributed by atoms with van der Waals surface area (Å²) in [6.45, 7) is 4.21. The second kappa shape index (κ2) is 5.20. The summed E-state index contributed by atoms with van der Waals surface area (Å²) >= 11 is 0. The van der Waals surface area contributed by atoms with Crippen LogP contribution in [0.4, 0.5) is 0 Å². The van der Waals surface area contributed by atoms with Crippen molar-refractivity contribution in [1.82, 2.24) is 5.32 Å². The van der Waals surface area contributed by atoms with Gasteiger partial charge in [-0.05, 0) is 32.1 Å². The largest absolute Gasteiger partial charge is 0.409 e. The molecule has 0 aromatic carbocycles. The number of amidine groups is 1. The van der Waals surface area contributed by atoms with Crippen LogP contribution < -0.4 is 11.1 Å². The average Bonchev–Trinajstić information content (AvgIpc) is 2.10. The highest BCUT2D eigenvalue weighted by Crippen LogP contribution is 2.29. The zero-order valence-corrected chi connectivity index (χ0v) is 9.03. The smallest absolute Gasteiger partial charge is 0.156 e. The lowest BCUT2D eigenvalue weighted by molar-refractivity contribution is 0.233. The molecule has 0 saturated heterocycles. The molecule has 4 nitrogen and oxygen atoms in total. The summed E-state index contributed by atoms with van der Waals surface area (Å²) in [5, 5.41) is 15.0. The highest BCUT2D eigenvalue weighted by molar-refractivity contribution is 5.85. The molecule has 0 heterocycles. The Balaban J connectivity index is 2.38. The Bertz CT molecular complexity index is 202. The molecule has 0 bridgehead atoms. The third-order valence-electron chi connectivity index (χ3n) is 3.20. The van der Waals surface area contributed by atoms with E-state index in [4.69, 9.17) is 10.9 Å². The maximum Gasteiger partial charge on any atom is 0.156 e. The summed E-state index contributed by atoms with van der Waals surface area (Å²) in [6, 6.07) is 0.476. The molecule has 0 spiro atoms. The van der Waals surface area contributed by atoms with E-state index in [1.165, 1.54) is 19.3 Å². The van der Waals surface area contributed by atoms with Crippen molar-refractivity contribution in [1.29, 1.82) is 0 Å². The van der Waals surface area contributed by atoms with Gasteiger partial charge in [0.2, 0.25) is 0 Å². The van der Waals surface area contributed by atoms with Crippen LogP contribution in [-0.2, 0) is 0 Å². The first kappa shape index (κ1) is 11.3.